The van der Waals surface area contributed by atoms with Crippen LogP contribution in [0.2, 0.25) is 0 Å². The lowest BCUT2D eigenvalue weighted by Gasteiger charge is -2.22. The molecule has 2 rings (SSSR count). The van der Waals surface area contributed by atoms with Crippen LogP contribution in [0.15, 0.2) is 29.1 Å². The third-order valence-electron chi connectivity index (χ3n) is 3.19. The van der Waals surface area contributed by atoms with Gasteiger partial charge in [-0.3, -0.25) is 9.78 Å². The van der Waals surface area contributed by atoms with Gasteiger partial charge in [-0.15, -0.1) is 0 Å². The van der Waals surface area contributed by atoms with E-state index in [4.69, 9.17) is 4.74 Å². The molecule has 22 heavy (non-hydrogen) atoms. The molecule has 3 N–H and O–H groups in total. The van der Waals surface area contributed by atoms with Crippen LogP contribution in [0.3, 0.4) is 0 Å². The molecule has 0 aliphatic carbocycles. The molecule has 2 aromatic rings. The number of amides is 1. The predicted molar refractivity (Wildman–Crippen MR) is 81.5 cm³/mol. The molecule has 0 aliphatic rings. The fourth-order valence-corrected chi connectivity index (χ4v) is 1.98. The summed E-state index contributed by atoms with van der Waals surface area (Å²) in [5.74, 6) is 0.807. The van der Waals surface area contributed by atoms with Crippen molar-refractivity contribution in [2.45, 2.75) is 33.4 Å². The molecule has 0 radical (unpaired) electrons. The summed E-state index contributed by atoms with van der Waals surface area (Å²) in [6.07, 6.45) is -0.619. The first-order chi connectivity index (χ1) is 10.5. The monoisotopic (exact) mass is 304 g/mol. The van der Waals surface area contributed by atoms with E-state index in [0.29, 0.717) is 11.6 Å². The second kappa shape index (κ2) is 6.93. The Morgan fingerprint density at radius 3 is 2.68 bits per heavy atom. The van der Waals surface area contributed by atoms with E-state index in [2.05, 4.69) is 20.5 Å². The summed E-state index contributed by atoms with van der Waals surface area (Å²) >= 11 is 0. The molecule has 7 nitrogen and oxygen atoms in total. The number of carbonyl (C=O) groups excluding carboxylic acids is 1. The Morgan fingerprint density at radius 1 is 1.36 bits per heavy atom. The number of hydrogen-bond acceptors (Lipinski definition) is 4. The zero-order valence-electron chi connectivity index (χ0n) is 12.8. The van der Waals surface area contributed by atoms with Crippen molar-refractivity contribution in [1.29, 1.82) is 0 Å². The van der Waals surface area contributed by atoms with Crippen LogP contribution in [0.5, 0.6) is 5.75 Å². The fourth-order valence-electron chi connectivity index (χ4n) is 1.98. The van der Waals surface area contributed by atoms with Crippen molar-refractivity contribution in [3.63, 3.8) is 0 Å². The molecule has 0 bridgehead atoms. The molecule has 1 aromatic carbocycles. The first-order valence-electron chi connectivity index (χ1n) is 7.11. The predicted octanol–water partition coefficient (Wildman–Crippen LogP) is 1.13. The van der Waals surface area contributed by atoms with Crippen molar-refractivity contribution >= 4 is 5.91 Å². The van der Waals surface area contributed by atoms with Crippen LogP contribution >= 0.6 is 0 Å². The van der Waals surface area contributed by atoms with E-state index in [1.165, 1.54) is 0 Å². The van der Waals surface area contributed by atoms with Crippen LogP contribution in [0.1, 0.15) is 25.2 Å². The van der Waals surface area contributed by atoms with Gasteiger partial charge < -0.3 is 10.1 Å². The summed E-state index contributed by atoms with van der Waals surface area (Å²) in [5, 5.41) is 8.71. The number of H-pyrrole nitrogens is 2. The molecule has 0 saturated heterocycles. The van der Waals surface area contributed by atoms with Gasteiger partial charge in [0.15, 0.2) is 6.10 Å². The third-order valence-corrected chi connectivity index (χ3v) is 3.19. The normalized spacial score (nSPS) is 12.2. The smallest absolute Gasteiger partial charge is 0.340 e. The molecule has 0 unspecified atom stereocenters. The summed E-state index contributed by atoms with van der Waals surface area (Å²) in [4.78, 5) is 25.7. The number of aryl methyl sites for hydroxylation is 1. The number of benzene rings is 1. The average Bonchev–Trinajstić information content (AvgIpc) is 2.89. The maximum atomic E-state index is 12.3. The van der Waals surface area contributed by atoms with Crippen LogP contribution in [-0.4, -0.2) is 27.2 Å². The third kappa shape index (κ3) is 3.97. The molecular formula is C15H20N4O3. The minimum Gasteiger partial charge on any atom is -0.480 e. The standard InChI is InChI=1S/C15H20N4O3/c1-9(2)13(22-11-7-5-4-6-10(11)3)14(20)16-8-12-17-15(21)19-18-12/h4-7,9,13H,8H2,1-3H3,(H,16,20)(H2,17,18,19,21)/t13-/m0/s1. The van der Waals surface area contributed by atoms with Crippen LogP contribution in [0.25, 0.3) is 0 Å². The van der Waals surface area contributed by atoms with Crippen molar-refractivity contribution < 1.29 is 9.53 Å². The van der Waals surface area contributed by atoms with Crippen LogP contribution in [-0.2, 0) is 11.3 Å². The van der Waals surface area contributed by atoms with Crippen molar-refractivity contribution in [2.75, 3.05) is 0 Å². The van der Waals surface area contributed by atoms with Gasteiger partial charge in [-0.2, -0.15) is 5.10 Å². The van der Waals surface area contributed by atoms with Gasteiger partial charge in [-0.05, 0) is 24.5 Å². The number of nitrogens with zero attached hydrogens (tertiary/aromatic N) is 1. The molecule has 1 amide bonds. The largest absolute Gasteiger partial charge is 0.480 e. The molecule has 0 spiro atoms. The lowest BCUT2D eigenvalue weighted by atomic mass is 10.1. The number of aromatic amines is 2. The van der Waals surface area contributed by atoms with Gasteiger partial charge in [0.2, 0.25) is 0 Å². The summed E-state index contributed by atoms with van der Waals surface area (Å²) in [5.41, 5.74) is 0.568. The second-order valence-corrected chi connectivity index (χ2v) is 5.39. The number of ether oxygens (including phenoxy) is 1. The zero-order chi connectivity index (χ0) is 16.1. The van der Waals surface area contributed by atoms with Gasteiger partial charge >= 0.3 is 5.69 Å². The van der Waals surface area contributed by atoms with Crippen LogP contribution < -0.4 is 15.7 Å². The minimum absolute atomic E-state index is 0.00200. The Bertz CT molecular complexity index is 690. The van der Waals surface area contributed by atoms with Gasteiger partial charge in [0.25, 0.3) is 5.91 Å². The van der Waals surface area contributed by atoms with Gasteiger partial charge in [-0.25, -0.2) is 9.89 Å². The highest BCUT2D eigenvalue weighted by Gasteiger charge is 2.24. The number of carbonyl (C=O) groups is 1. The Balaban J connectivity index is 2.02. The Kier molecular flexibility index (Phi) is 4.98. The zero-order valence-corrected chi connectivity index (χ0v) is 12.8. The van der Waals surface area contributed by atoms with Gasteiger partial charge in [0.05, 0.1) is 6.54 Å². The van der Waals surface area contributed by atoms with E-state index >= 15 is 0 Å². The molecule has 0 fully saturated rings. The molecule has 7 heteroatoms. The maximum Gasteiger partial charge on any atom is 0.340 e. The van der Waals surface area contributed by atoms with Gasteiger partial charge in [0, 0.05) is 0 Å². The first-order valence-corrected chi connectivity index (χ1v) is 7.11. The van der Waals surface area contributed by atoms with Crippen molar-refractivity contribution in [2.24, 2.45) is 5.92 Å². The lowest BCUT2D eigenvalue weighted by Crippen LogP contribution is -2.41. The summed E-state index contributed by atoms with van der Waals surface area (Å²) in [6.45, 7) is 5.90. The number of para-hydroxylation sites is 1. The van der Waals surface area contributed by atoms with Crippen LogP contribution in [0, 0.1) is 12.8 Å². The molecular weight excluding hydrogens is 284 g/mol. The molecule has 0 saturated carbocycles. The summed E-state index contributed by atoms with van der Waals surface area (Å²) < 4.78 is 5.85. The van der Waals surface area contributed by atoms with Crippen molar-refractivity contribution in [1.82, 2.24) is 20.5 Å². The van der Waals surface area contributed by atoms with E-state index in [9.17, 15) is 9.59 Å². The van der Waals surface area contributed by atoms with Crippen LogP contribution in [0.4, 0.5) is 0 Å². The van der Waals surface area contributed by atoms with E-state index in [1.807, 2.05) is 45.0 Å². The Labute approximate surface area is 128 Å². The number of rotatable bonds is 6. The lowest BCUT2D eigenvalue weighted by molar-refractivity contribution is -0.130. The van der Waals surface area contributed by atoms with E-state index in [1.54, 1.807) is 0 Å². The second-order valence-electron chi connectivity index (χ2n) is 5.39. The summed E-state index contributed by atoms with van der Waals surface area (Å²) in [7, 11) is 0. The maximum absolute atomic E-state index is 12.3. The van der Waals surface area contributed by atoms with Gasteiger partial charge in [0.1, 0.15) is 11.6 Å². The molecule has 118 valence electrons. The summed E-state index contributed by atoms with van der Waals surface area (Å²) in [6, 6.07) is 7.55. The Morgan fingerprint density at radius 2 is 2.09 bits per heavy atom. The molecule has 1 atom stereocenters. The highest BCUT2D eigenvalue weighted by molar-refractivity contribution is 5.81. The topological polar surface area (TPSA) is 99.9 Å². The number of hydrogen-bond donors (Lipinski definition) is 3. The van der Waals surface area contributed by atoms with E-state index in [-0.39, 0.29) is 18.4 Å². The number of aromatic nitrogens is 3. The van der Waals surface area contributed by atoms with Crippen molar-refractivity contribution in [3.8, 4) is 5.75 Å². The Hall–Kier alpha value is -2.57. The van der Waals surface area contributed by atoms with Gasteiger partial charge in [-0.1, -0.05) is 32.0 Å². The highest BCUT2D eigenvalue weighted by Crippen LogP contribution is 2.20. The fraction of sp³-hybridized carbons (Fsp3) is 0.400. The van der Waals surface area contributed by atoms with E-state index < -0.39 is 11.8 Å². The van der Waals surface area contributed by atoms with E-state index in [0.717, 1.165) is 5.56 Å². The average molecular weight is 304 g/mol. The van der Waals surface area contributed by atoms with Crippen molar-refractivity contribution in [3.05, 3.63) is 46.1 Å². The minimum atomic E-state index is -0.619. The first kappa shape index (κ1) is 15.8. The quantitative estimate of drug-likeness (QED) is 0.744. The SMILES string of the molecule is Cc1ccccc1O[C@H](C(=O)NCc1n[nH]c(=O)[nH]1)C(C)C. The highest BCUT2D eigenvalue weighted by atomic mass is 16.5. The molecule has 1 aromatic heterocycles. The molecule has 0 aliphatic heterocycles. The number of nitrogens with one attached hydrogen (secondary N) is 3. The molecule has 1 heterocycles.